The minimum absolute atomic E-state index is 0.219. The number of hydrogen-bond acceptors (Lipinski definition) is 3. The van der Waals surface area contributed by atoms with Gasteiger partial charge in [0.15, 0.2) is 0 Å². The van der Waals surface area contributed by atoms with Gasteiger partial charge >= 0.3 is 0 Å². The van der Waals surface area contributed by atoms with E-state index in [-0.39, 0.29) is 18.4 Å². The zero-order chi connectivity index (χ0) is 9.97. The lowest BCUT2D eigenvalue weighted by molar-refractivity contribution is -0.106. The van der Waals surface area contributed by atoms with E-state index in [4.69, 9.17) is 9.47 Å². The fraction of sp³-hybridized carbons (Fsp3) is 1.00. The highest BCUT2D eigenvalue weighted by Crippen LogP contribution is 2.15. The maximum Gasteiger partial charge on any atom is 0.103 e. The second-order valence-corrected chi connectivity index (χ2v) is 4.08. The van der Waals surface area contributed by atoms with Crippen LogP contribution in [0.1, 0.15) is 13.8 Å². The predicted molar refractivity (Wildman–Crippen MR) is 53.2 cm³/mol. The lowest BCUT2D eigenvalue weighted by Crippen LogP contribution is -2.58. The summed E-state index contributed by atoms with van der Waals surface area (Å²) in [4.78, 5) is 2.36. The molecule has 0 saturated carbocycles. The van der Waals surface area contributed by atoms with Crippen LogP contribution in [0, 0.1) is 0 Å². The highest BCUT2D eigenvalue weighted by molar-refractivity contribution is 4.82. The normalized spacial score (nSPS) is 41.1. The Hall–Kier alpha value is -0.160. The molecule has 0 amide bonds. The van der Waals surface area contributed by atoms with Crippen LogP contribution in [0.15, 0.2) is 0 Å². The summed E-state index contributed by atoms with van der Waals surface area (Å²) < 4.78 is 11.1. The minimum Gasteiger partial charge on any atom is -0.379 e. The van der Waals surface area contributed by atoms with Gasteiger partial charge in [-0.2, -0.15) is 0 Å². The van der Waals surface area contributed by atoms with Gasteiger partial charge in [0.2, 0.25) is 0 Å². The molecule has 1 radical (unpaired) electrons. The molecule has 3 atom stereocenters. The Bertz CT molecular complexity index is 183. The summed E-state index contributed by atoms with van der Waals surface area (Å²) in [5.41, 5.74) is 0. The van der Waals surface area contributed by atoms with Crippen LogP contribution < -0.4 is 5.32 Å². The van der Waals surface area contributed by atoms with E-state index in [1.54, 1.807) is 0 Å². The molecule has 2 aliphatic heterocycles. The monoisotopic (exact) mass is 199 g/mol. The van der Waals surface area contributed by atoms with Crippen LogP contribution in [0.5, 0.6) is 0 Å². The molecule has 2 saturated heterocycles. The van der Waals surface area contributed by atoms with Gasteiger partial charge in [-0.05, 0) is 13.8 Å². The second kappa shape index (κ2) is 4.57. The number of morpholine rings is 2. The van der Waals surface area contributed by atoms with E-state index in [1.807, 2.05) is 0 Å². The van der Waals surface area contributed by atoms with Crippen LogP contribution in [-0.4, -0.2) is 56.1 Å². The van der Waals surface area contributed by atoms with Crippen LogP contribution in [0.2, 0.25) is 0 Å². The maximum absolute atomic E-state index is 5.78. The summed E-state index contributed by atoms with van der Waals surface area (Å²) >= 11 is 0. The first kappa shape index (κ1) is 10.4. The van der Waals surface area contributed by atoms with E-state index >= 15 is 0 Å². The van der Waals surface area contributed by atoms with Gasteiger partial charge in [-0.1, -0.05) is 0 Å². The number of ether oxygens (including phenoxy) is 2. The van der Waals surface area contributed by atoms with Crippen molar-refractivity contribution in [2.45, 2.75) is 32.2 Å². The molecule has 3 unspecified atom stereocenters. The Morgan fingerprint density at radius 2 is 1.93 bits per heavy atom. The standard InChI is InChI=1S/C10H19N2O2/c1-8-7-11-10(9(2)14-8)12-3-5-13-6-4-12/h8-10H,3-7H2,1-2H3. The molecule has 4 heteroatoms. The maximum atomic E-state index is 5.78. The average molecular weight is 199 g/mol. The van der Waals surface area contributed by atoms with E-state index in [0.717, 1.165) is 32.8 Å². The Kier molecular flexibility index (Phi) is 3.38. The molecule has 0 aromatic rings. The summed E-state index contributed by atoms with van der Waals surface area (Å²) in [5.74, 6) is 0. The fourth-order valence-electron chi connectivity index (χ4n) is 2.14. The fourth-order valence-corrected chi connectivity index (χ4v) is 2.14. The largest absolute Gasteiger partial charge is 0.379 e. The SMILES string of the molecule is CC1C[N]C(N2CCOCC2)C(C)O1. The van der Waals surface area contributed by atoms with Gasteiger partial charge < -0.3 is 9.47 Å². The number of nitrogens with zero attached hydrogens (tertiary/aromatic N) is 2. The van der Waals surface area contributed by atoms with Crippen molar-refractivity contribution in [3.63, 3.8) is 0 Å². The number of rotatable bonds is 1. The summed E-state index contributed by atoms with van der Waals surface area (Å²) in [6.45, 7) is 8.64. The summed E-state index contributed by atoms with van der Waals surface area (Å²) in [7, 11) is 0. The van der Waals surface area contributed by atoms with Crippen LogP contribution in [-0.2, 0) is 9.47 Å². The van der Waals surface area contributed by atoms with Crippen molar-refractivity contribution in [2.24, 2.45) is 0 Å². The van der Waals surface area contributed by atoms with Crippen molar-refractivity contribution in [1.29, 1.82) is 0 Å². The summed E-state index contributed by atoms with van der Waals surface area (Å²) in [6, 6.07) is 0. The lowest BCUT2D eigenvalue weighted by atomic mass is 10.2. The van der Waals surface area contributed by atoms with E-state index in [9.17, 15) is 0 Å². The molecular weight excluding hydrogens is 180 g/mol. The molecule has 14 heavy (non-hydrogen) atoms. The first-order valence-electron chi connectivity index (χ1n) is 5.41. The molecule has 0 aromatic carbocycles. The second-order valence-electron chi connectivity index (χ2n) is 4.08. The van der Waals surface area contributed by atoms with Crippen LogP contribution in [0.25, 0.3) is 0 Å². The first-order valence-corrected chi connectivity index (χ1v) is 5.41. The van der Waals surface area contributed by atoms with Crippen molar-refractivity contribution in [3.05, 3.63) is 0 Å². The smallest absolute Gasteiger partial charge is 0.103 e. The topological polar surface area (TPSA) is 35.8 Å². The lowest BCUT2D eigenvalue weighted by Gasteiger charge is -2.41. The molecule has 0 aliphatic carbocycles. The van der Waals surface area contributed by atoms with Gasteiger partial charge in [-0.25, -0.2) is 5.32 Å². The predicted octanol–water partition coefficient (Wildman–Crippen LogP) is 0.0563. The molecule has 2 heterocycles. The van der Waals surface area contributed by atoms with E-state index in [1.165, 1.54) is 0 Å². The van der Waals surface area contributed by atoms with Crippen molar-refractivity contribution in [3.8, 4) is 0 Å². The summed E-state index contributed by atoms with van der Waals surface area (Å²) in [6.07, 6.45) is 0.745. The van der Waals surface area contributed by atoms with Crippen molar-refractivity contribution < 1.29 is 9.47 Å². The van der Waals surface area contributed by atoms with Gasteiger partial charge in [0, 0.05) is 19.6 Å². The quantitative estimate of drug-likeness (QED) is 0.599. The van der Waals surface area contributed by atoms with E-state index < -0.39 is 0 Å². The van der Waals surface area contributed by atoms with Gasteiger partial charge in [0.1, 0.15) is 6.17 Å². The Labute approximate surface area is 85.5 Å². The molecule has 0 bridgehead atoms. The summed E-state index contributed by atoms with van der Waals surface area (Å²) in [5, 5.41) is 4.66. The first-order chi connectivity index (χ1) is 6.77. The Morgan fingerprint density at radius 3 is 2.57 bits per heavy atom. The van der Waals surface area contributed by atoms with Gasteiger partial charge in [-0.15, -0.1) is 0 Å². The van der Waals surface area contributed by atoms with Crippen molar-refractivity contribution in [1.82, 2.24) is 10.2 Å². The molecule has 0 spiro atoms. The molecule has 2 aliphatic rings. The third-order valence-corrected chi connectivity index (χ3v) is 2.84. The molecule has 2 fully saturated rings. The minimum atomic E-state index is 0.219. The van der Waals surface area contributed by atoms with Crippen molar-refractivity contribution in [2.75, 3.05) is 32.8 Å². The van der Waals surface area contributed by atoms with Crippen LogP contribution in [0.3, 0.4) is 0 Å². The molecule has 81 valence electrons. The van der Waals surface area contributed by atoms with E-state index in [2.05, 4.69) is 24.1 Å². The highest BCUT2D eigenvalue weighted by Gasteiger charge is 2.32. The van der Waals surface area contributed by atoms with Crippen LogP contribution >= 0.6 is 0 Å². The molecule has 0 N–H and O–H groups in total. The average Bonchev–Trinajstić information content (AvgIpc) is 2.19. The zero-order valence-electron chi connectivity index (χ0n) is 8.98. The Balaban J connectivity index is 1.89. The molecular formula is C10H19N2O2. The number of hydrogen-bond donors (Lipinski definition) is 0. The third-order valence-electron chi connectivity index (χ3n) is 2.84. The van der Waals surface area contributed by atoms with Gasteiger partial charge in [-0.3, -0.25) is 4.90 Å². The van der Waals surface area contributed by atoms with Gasteiger partial charge in [0.25, 0.3) is 0 Å². The molecule has 0 aromatic heterocycles. The van der Waals surface area contributed by atoms with Gasteiger partial charge in [0.05, 0.1) is 25.4 Å². The Morgan fingerprint density at radius 1 is 1.21 bits per heavy atom. The zero-order valence-corrected chi connectivity index (χ0v) is 8.98. The molecule has 2 rings (SSSR count). The van der Waals surface area contributed by atoms with Crippen LogP contribution in [0.4, 0.5) is 0 Å². The van der Waals surface area contributed by atoms with Crippen molar-refractivity contribution >= 4 is 0 Å². The highest BCUT2D eigenvalue weighted by atomic mass is 16.5. The van der Waals surface area contributed by atoms with E-state index in [0.29, 0.717) is 0 Å². The third kappa shape index (κ3) is 2.25. The molecule has 4 nitrogen and oxygen atoms in total.